The fourth-order valence-electron chi connectivity index (χ4n) is 2.83. The van der Waals surface area contributed by atoms with Gasteiger partial charge < -0.3 is 15.0 Å². The maximum atomic E-state index is 5.44. The van der Waals surface area contributed by atoms with Gasteiger partial charge >= 0.3 is 0 Å². The van der Waals surface area contributed by atoms with Crippen molar-refractivity contribution in [3.8, 4) is 0 Å². The van der Waals surface area contributed by atoms with Crippen molar-refractivity contribution in [2.45, 2.75) is 26.3 Å². The van der Waals surface area contributed by atoms with Gasteiger partial charge in [0.25, 0.3) is 0 Å². The molecular formula is C17H27N3O. The molecule has 0 saturated carbocycles. The van der Waals surface area contributed by atoms with Crippen molar-refractivity contribution >= 4 is 5.96 Å². The van der Waals surface area contributed by atoms with Gasteiger partial charge in [0.1, 0.15) is 0 Å². The largest absolute Gasteiger partial charge is 0.381 e. The Labute approximate surface area is 128 Å². The van der Waals surface area contributed by atoms with Crippen LogP contribution in [0.1, 0.15) is 24.5 Å². The van der Waals surface area contributed by atoms with Crippen molar-refractivity contribution in [2.75, 3.05) is 33.9 Å². The Morgan fingerprint density at radius 3 is 2.76 bits per heavy atom. The normalized spacial score (nSPS) is 18.8. The second-order valence-corrected chi connectivity index (χ2v) is 5.63. The van der Waals surface area contributed by atoms with Crippen LogP contribution in [0.25, 0.3) is 0 Å². The Balaban J connectivity index is 1.89. The molecule has 1 N–H and O–H groups in total. The van der Waals surface area contributed by atoms with E-state index in [9.17, 15) is 0 Å². The minimum atomic E-state index is 0.622. The fraction of sp³-hybridized carbons (Fsp3) is 0.588. The van der Waals surface area contributed by atoms with E-state index in [1.807, 2.05) is 7.05 Å². The van der Waals surface area contributed by atoms with E-state index in [0.29, 0.717) is 5.92 Å². The first-order valence-corrected chi connectivity index (χ1v) is 7.81. The summed E-state index contributed by atoms with van der Waals surface area (Å²) in [5.41, 5.74) is 2.74. The van der Waals surface area contributed by atoms with Gasteiger partial charge in [-0.2, -0.15) is 0 Å². The fourth-order valence-corrected chi connectivity index (χ4v) is 2.83. The predicted octanol–water partition coefficient (Wildman–Crippen LogP) is 2.29. The van der Waals surface area contributed by atoms with Gasteiger partial charge in [-0.1, -0.05) is 31.2 Å². The van der Waals surface area contributed by atoms with Crippen LogP contribution in [0.5, 0.6) is 0 Å². The number of benzene rings is 1. The number of aryl methyl sites for hydroxylation is 1. The topological polar surface area (TPSA) is 36.9 Å². The van der Waals surface area contributed by atoms with Gasteiger partial charge in [0, 0.05) is 39.7 Å². The van der Waals surface area contributed by atoms with Gasteiger partial charge in [-0.3, -0.25) is 4.99 Å². The second-order valence-electron chi connectivity index (χ2n) is 5.63. The number of hydrogen-bond acceptors (Lipinski definition) is 2. The molecule has 4 nitrogen and oxygen atoms in total. The molecule has 1 aromatic carbocycles. The predicted molar refractivity (Wildman–Crippen MR) is 87.6 cm³/mol. The van der Waals surface area contributed by atoms with Crippen LogP contribution < -0.4 is 5.32 Å². The lowest BCUT2D eigenvalue weighted by Crippen LogP contribution is -2.41. The molecule has 4 heteroatoms. The van der Waals surface area contributed by atoms with Crippen LogP contribution in [0.4, 0.5) is 0 Å². The molecule has 1 aromatic rings. The third-order valence-electron chi connectivity index (χ3n) is 4.07. The zero-order valence-corrected chi connectivity index (χ0v) is 13.4. The maximum absolute atomic E-state index is 5.44. The quantitative estimate of drug-likeness (QED) is 0.667. The number of ether oxygens (including phenoxy) is 1. The highest BCUT2D eigenvalue weighted by Crippen LogP contribution is 2.13. The highest BCUT2D eigenvalue weighted by atomic mass is 16.5. The summed E-state index contributed by atoms with van der Waals surface area (Å²) in [4.78, 5) is 6.59. The Morgan fingerprint density at radius 1 is 1.38 bits per heavy atom. The van der Waals surface area contributed by atoms with Gasteiger partial charge in [0.15, 0.2) is 5.96 Å². The lowest BCUT2D eigenvalue weighted by Gasteiger charge is -2.24. The van der Waals surface area contributed by atoms with E-state index in [1.54, 1.807) is 0 Å². The lowest BCUT2D eigenvalue weighted by molar-refractivity contribution is 0.181. The van der Waals surface area contributed by atoms with Crippen LogP contribution in [0.2, 0.25) is 0 Å². The maximum Gasteiger partial charge on any atom is 0.193 e. The molecule has 1 saturated heterocycles. The Kier molecular flexibility index (Phi) is 6.05. The van der Waals surface area contributed by atoms with E-state index >= 15 is 0 Å². The molecule has 0 bridgehead atoms. The highest BCUT2D eigenvalue weighted by molar-refractivity contribution is 5.79. The van der Waals surface area contributed by atoms with Crippen LogP contribution in [0.3, 0.4) is 0 Å². The Bertz CT molecular complexity index is 467. The van der Waals surface area contributed by atoms with E-state index < -0.39 is 0 Å². The van der Waals surface area contributed by atoms with E-state index in [4.69, 9.17) is 4.74 Å². The van der Waals surface area contributed by atoms with Crippen molar-refractivity contribution in [3.63, 3.8) is 0 Å². The van der Waals surface area contributed by atoms with E-state index in [2.05, 4.69) is 53.4 Å². The zero-order chi connectivity index (χ0) is 15.1. The van der Waals surface area contributed by atoms with E-state index in [-0.39, 0.29) is 0 Å². The summed E-state index contributed by atoms with van der Waals surface area (Å²) in [5, 5.41) is 3.47. The molecule has 0 aromatic heterocycles. The van der Waals surface area contributed by atoms with Crippen molar-refractivity contribution in [1.82, 2.24) is 10.2 Å². The number of hydrogen-bond donors (Lipinski definition) is 1. The molecule has 0 amide bonds. The molecule has 1 aliphatic heterocycles. The molecule has 21 heavy (non-hydrogen) atoms. The zero-order valence-electron chi connectivity index (χ0n) is 13.4. The molecule has 1 unspecified atom stereocenters. The molecule has 0 radical (unpaired) electrons. The average molecular weight is 289 g/mol. The smallest absolute Gasteiger partial charge is 0.193 e. The SMILES string of the molecule is CCc1ccccc1CNC(=NC)N(C)CC1CCOC1. The van der Waals surface area contributed by atoms with Gasteiger partial charge in [-0.05, 0) is 24.0 Å². The van der Waals surface area contributed by atoms with Gasteiger partial charge in [0.2, 0.25) is 0 Å². The molecule has 1 aliphatic rings. The lowest BCUT2D eigenvalue weighted by atomic mass is 10.1. The number of guanidine groups is 1. The first kappa shape index (κ1) is 15.8. The number of aliphatic imine (C=N–C) groups is 1. The summed E-state index contributed by atoms with van der Waals surface area (Å²) in [6.07, 6.45) is 2.21. The highest BCUT2D eigenvalue weighted by Gasteiger charge is 2.19. The monoisotopic (exact) mass is 289 g/mol. The van der Waals surface area contributed by atoms with Crippen LogP contribution in [-0.2, 0) is 17.7 Å². The molecule has 1 atom stereocenters. The molecule has 1 heterocycles. The van der Waals surface area contributed by atoms with Crippen LogP contribution in [-0.4, -0.2) is 44.7 Å². The second kappa shape index (κ2) is 8.03. The summed E-state index contributed by atoms with van der Waals surface area (Å²) < 4.78 is 5.44. The third-order valence-corrected chi connectivity index (χ3v) is 4.07. The Hall–Kier alpha value is -1.55. The molecule has 0 spiro atoms. The van der Waals surface area contributed by atoms with Crippen molar-refractivity contribution < 1.29 is 4.74 Å². The summed E-state index contributed by atoms with van der Waals surface area (Å²) in [6, 6.07) is 8.57. The first-order valence-electron chi connectivity index (χ1n) is 7.81. The molecule has 2 rings (SSSR count). The molecular weight excluding hydrogens is 262 g/mol. The minimum Gasteiger partial charge on any atom is -0.381 e. The first-order chi connectivity index (χ1) is 10.2. The van der Waals surface area contributed by atoms with Gasteiger partial charge in [0.05, 0.1) is 6.61 Å². The summed E-state index contributed by atoms with van der Waals surface area (Å²) in [6.45, 7) is 5.78. The number of nitrogens with one attached hydrogen (secondary N) is 1. The summed E-state index contributed by atoms with van der Waals surface area (Å²) in [5.74, 6) is 1.57. The standard InChI is InChI=1S/C17H27N3O/c1-4-15-7-5-6-8-16(15)11-19-17(18-2)20(3)12-14-9-10-21-13-14/h5-8,14H,4,9-13H2,1-3H3,(H,18,19). The number of rotatable bonds is 5. The Morgan fingerprint density at radius 2 is 2.14 bits per heavy atom. The third kappa shape index (κ3) is 4.46. The molecule has 116 valence electrons. The summed E-state index contributed by atoms with van der Waals surface area (Å²) >= 11 is 0. The van der Waals surface area contributed by atoms with E-state index in [0.717, 1.165) is 45.1 Å². The van der Waals surface area contributed by atoms with Crippen molar-refractivity contribution in [3.05, 3.63) is 35.4 Å². The summed E-state index contributed by atoms with van der Waals surface area (Å²) in [7, 11) is 3.94. The van der Waals surface area contributed by atoms with Crippen molar-refractivity contribution in [2.24, 2.45) is 10.9 Å². The van der Waals surface area contributed by atoms with Crippen LogP contribution in [0.15, 0.2) is 29.3 Å². The molecule has 0 aliphatic carbocycles. The average Bonchev–Trinajstić information content (AvgIpc) is 3.01. The number of nitrogens with zero attached hydrogens (tertiary/aromatic N) is 2. The van der Waals surface area contributed by atoms with E-state index in [1.165, 1.54) is 11.1 Å². The van der Waals surface area contributed by atoms with Crippen LogP contribution in [0, 0.1) is 5.92 Å². The van der Waals surface area contributed by atoms with Gasteiger partial charge in [-0.15, -0.1) is 0 Å². The van der Waals surface area contributed by atoms with Gasteiger partial charge in [-0.25, -0.2) is 0 Å². The minimum absolute atomic E-state index is 0.622. The van der Waals surface area contributed by atoms with Crippen LogP contribution >= 0.6 is 0 Å². The van der Waals surface area contributed by atoms with Crippen molar-refractivity contribution in [1.29, 1.82) is 0 Å². The molecule has 1 fully saturated rings.